The number of oxime groups is 1. The van der Waals surface area contributed by atoms with Gasteiger partial charge in [0.2, 0.25) is 5.79 Å². The van der Waals surface area contributed by atoms with Gasteiger partial charge in [-0.15, -0.1) is 13.2 Å². The van der Waals surface area contributed by atoms with Gasteiger partial charge in [0.1, 0.15) is 0 Å². The molecule has 0 bridgehead atoms. The molecule has 1 atom stereocenters. The molecule has 78 valence electrons. The molecule has 1 aliphatic rings. The molecule has 1 aliphatic heterocycles. The molecule has 0 aromatic carbocycles. The minimum Gasteiger partial charge on any atom is -0.360 e. The molecule has 1 heterocycles. The number of hydrogen-bond donors (Lipinski definition) is 1. The molecule has 0 saturated carbocycles. The van der Waals surface area contributed by atoms with Crippen molar-refractivity contribution < 1.29 is 9.94 Å². The van der Waals surface area contributed by atoms with Crippen LogP contribution in [0.5, 0.6) is 0 Å². The lowest BCUT2D eigenvalue weighted by Crippen LogP contribution is -2.46. The highest BCUT2D eigenvalue weighted by atomic mass is 16.7. The minimum absolute atomic E-state index is 0.503. The van der Waals surface area contributed by atoms with Crippen LogP contribution in [-0.4, -0.2) is 16.6 Å². The van der Waals surface area contributed by atoms with Crippen LogP contribution in [0.4, 0.5) is 0 Å². The lowest BCUT2D eigenvalue weighted by molar-refractivity contribution is -0.222. The van der Waals surface area contributed by atoms with Gasteiger partial charge >= 0.3 is 0 Å². The number of rotatable bonds is 4. The second-order valence-corrected chi connectivity index (χ2v) is 3.82. The van der Waals surface area contributed by atoms with E-state index in [4.69, 9.17) is 4.84 Å². The molecule has 0 amide bonds. The molecule has 0 spiro atoms. The smallest absolute Gasteiger partial charge is 0.243 e. The predicted molar refractivity (Wildman–Crippen MR) is 56.9 cm³/mol. The summed E-state index contributed by atoms with van der Waals surface area (Å²) in [4.78, 5) is 5.02. The molecule has 0 radical (unpaired) electrons. The zero-order chi connectivity index (χ0) is 10.8. The Balaban J connectivity index is 3.09. The summed E-state index contributed by atoms with van der Waals surface area (Å²) in [7, 11) is 0. The first kappa shape index (κ1) is 11.0. The number of aliphatic hydroxyl groups is 1. The first-order valence-corrected chi connectivity index (χ1v) is 4.67. The highest BCUT2D eigenvalue weighted by Gasteiger charge is 2.54. The van der Waals surface area contributed by atoms with Crippen LogP contribution in [0.25, 0.3) is 0 Å². The average molecular weight is 195 g/mol. The van der Waals surface area contributed by atoms with Crippen molar-refractivity contribution in [1.82, 2.24) is 0 Å². The molecule has 0 aromatic rings. The van der Waals surface area contributed by atoms with Crippen molar-refractivity contribution in [2.24, 2.45) is 10.6 Å². The Morgan fingerprint density at radius 1 is 1.43 bits per heavy atom. The van der Waals surface area contributed by atoms with Crippen molar-refractivity contribution in [3.05, 3.63) is 25.3 Å². The SMILES string of the molecule is C=CCC1(CC=C)C(C)=NOC1(C)O. The second kappa shape index (κ2) is 3.58. The van der Waals surface area contributed by atoms with Gasteiger partial charge in [0.15, 0.2) is 0 Å². The van der Waals surface area contributed by atoms with E-state index in [0.29, 0.717) is 12.8 Å². The maximum absolute atomic E-state index is 10.1. The van der Waals surface area contributed by atoms with Crippen molar-refractivity contribution in [2.75, 3.05) is 0 Å². The van der Waals surface area contributed by atoms with Crippen molar-refractivity contribution in [3.8, 4) is 0 Å². The molecule has 0 aliphatic carbocycles. The molecule has 3 heteroatoms. The van der Waals surface area contributed by atoms with E-state index in [9.17, 15) is 5.11 Å². The van der Waals surface area contributed by atoms with Gasteiger partial charge in [0, 0.05) is 6.92 Å². The van der Waals surface area contributed by atoms with Crippen LogP contribution in [0.15, 0.2) is 30.5 Å². The lowest BCUT2D eigenvalue weighted by Gasteiger charge is -2.35. The third kappa shape index (κ3) is 1.38. The van der Waals surface area contributed by atoms with Crippen molar-refractivity contribution in [3.63, 3.8) is 0 Å². The van der Waals surface area contributed by atoms with Crippen LogP contribution < -0.4 is 0 Å². The van der Waals surface area contributed by atoms with E-state index in [1.54, 1.807) is 19.1 Å². The highest BCUT2D eigenvalue weighted by molar-refractivity contribution is 5.90. The molecular weight excluding hydrogens is 178 g/mol. The standard InChI is InChI=1S/C11H17NO2/c1-5-7-11(8-6-2)9(3)12-14-10(11,4)13/h5-6,13H,1-2,7-8H2,3-4H3. The number of allylic oxidation sites excluding steroid dienone is 2. The summed E-state index contributed by atoms with van der Waals surface area (Å²) in [6, 6.07) is 0. The topological polar surface area (TPSA) is 41.8 Å². The summed E-state index contributed by atoms with van der Waals surface area (Å²) in [5.41, 5.74) is 0.290. The quantitative estimate of drug-likeness (QED) is 0.699. The molecule has 1 unspecified atom stereocenters. The van der Waals surface area contributed by atoms with Crippen LogP contribution in [0.1, 0.15) is 26.7 Å². The van der Waals surface area contributed by atoms with E-state index in [0.717, 1.165) is 5.71 Å². The van der Waals surface area contributed by atoms with E-state index in [-0.39, 0.29) is 0 Å². The Morgan fingerprint density at radius 3 is 2.21 bits per heavy atom. The molecule has 0 aromatic heterocycles. The van der Waals surface area contributed by atoms with E-state index < -0.39 is 11.2 Å². The molecule has 0 saturated heterocycles. The van der Waals surface area contributed by atoms with E-state index in [1.807, 2.05) is 6.92 Å². The van der Waals surface area contributed by atoms with Gasteiger partial charge in [-0.3, -0.25) is 0 Å². The molecule has 1 N–H and O–H groups in total. The zero-order valence-corrected chi connectivity index (χ0v) is 8.79. The van der Waals surface area contributed by atoms with Crippen LogP contribution in [0, 0.1) is 5.41 Å². The Bertz CT molecular complexity index is 269. The Labute approximate surface area is 84.8 Å². The molecule has 3 nitrogen and oxygen atoms in total. The fourth-order valence-corrected chi connectivity index (χ4v) is 1.92. The van der Waals surface area contributed by atoms with Gasteiger partial charge in [-0.2, -0.15) is 0 Å². The lowest BCUT2D eigenvalue weighted by atomic mass is 9.71. The fraction of sp³-hybridized carbons (Fsp3) is 0.545. The summed E-state index contributed by atoms with van der Waals surface area (Å²) in [5, 5.41) is 14.0. The summed E-state index contributed by atoms with van der Waals surface area (Å²) < 4.78 is 0. The Kier molecular flexibility index (Phi) is 2.81. The zero-order valence-electron chi connectivity index (χ0n) is 8.79. The van der Waals surface area contributed by atoms with Gasteiger partial charge in [0.25, 0.3) is 0 Å². The monoisotopic (exact) mass is 195 g/mol. The average Bonchev–Trinajstić information content (AvgIpc) is 2.32. The Morgan fingerprint density at radius 2 is 1.93 bits per heavy atom. The third-order valence-electron chi connectivity index (χ3n) is 2.93. The van der Waals surface area contributed by atoms with Crippen LogP contribution in [0.2, 0.25) is 0 Å². The first-order chi connectivity index (χ1) is 6.50. The summed E-state index contributed by atoms with van der Waals surface area (Å²) in [6.45, 7) is 10.9. The fourth-order valence-electron chi connectivity index (χ4n) is 1.92. The van der Waals surface area contributed by atoms with E-state index >= 15 is 0 Å². The molecule has 14 heavy (non-hydrogen) atoms. The maximum Gasteiger partial charge on any atom is 0.243 e. The third-order valence-corrected chi connectivity index (χ3v) is 2.93. The largest absolute Gasteiger partial charge is 0.360 e. The predicted octanol–water partition coefficient (Wildman–Crippen LogP) is 2.24. The second-order valence-electron chi connectivity index (χ2n) is 3.82. The maximum atomic E-state index is 10.1. The van der Waals surface area contributed by atoms with Crippen molar-refractivity contribution in [2.45, 2.75) is 32.5 Å². The number of nitrogens with zero attached hydrogens (tertiary/aromatic N) is 1. The van der Waals surface area contributed by atoms with Gasteiger partial charge in [0.05, 0.1) is 11.1 Å². The van der Waals surface area contributed by atoms with Gasteiger partial charge in [-0.1, -0.05) is 17.3 Å². The first-order valence-electron chi connectivity index (χ1n) is 4.67. The Hall–Kier alpha value is -1.09. The normalized spacial score (nSPS) is 29.2. The van der Waals surface area contributed by atoms with Crippen LogP contribution in [0.3, 0.4) is 0 Å². The molecular formula is C11H17NO2. The molecule has 0 fully saturated rings. The van der Waals surface area contributed by atoms with Gasteiger partial charge in [-0.05, 0) is 19.8 Å². The van der Waals surface area contributed by atoms with Crippen molar-refractivity contribution >= 4 is 5.71 Å². The summed E-state index contributed by atoms with van der Waals surface area (Å²) >= 11 is 0. The number of hydrogen-bond acceptors (Lipinski definition) is 3. The van der Waals surface area contributed by atoms with Gasteiger partial charge in [-0.25, -0.2) is 0 Å². The van der Waals surface area contributed by atoms with Crippen LogP contribution >= 0.6 is 0 Å². The summed E-state index contributed by atoms with van der Waals surface area (Å²) in [6.07, 6.45) is 4.79. The van der Waals surface area contributed by atoms with E-state index in [2.05, 4.69) is 18.3 Å². The van der Waals surface area contributed by atoms with Gasteiger partial charge < -0.3 is 9.94 Å². The molecule has 1 rings (SSSR count). The van der Waals surface area contributed by atoms with Crippen molar-refractivity contribution in [1.29, 1.82) is 0 Å². The van der Waals surface area contributed by atoms with E-state index in [1.165, 1.54) is 0 Å². The minimum atomic E-state index is -1.26. The summed E-state index contributed by atoms with van der Waals surface area (Å²) in [5.74, 6) is -1.26. The van der Waals surface area contributed by atoms with Crippen LogP contribution in [-0.2, 0) is 4.84 Å². The highest BCUT2D eigenvalue weighted by Crippen LogP contribution is 2.45.